The van der Waals surface area contributed by atoms with Crippen LogP contribution in [0.1, 0.15) is 129 Å². The molecule has 0 heterocycles. The van der Waals surface area contributed by atoms with Gasteiger partial charge in [0.2, 0.25) is 0 Å². The van der Waals surface area contributed by atoms with Crippen molar-refractivity contribution in [2.45, 2.75) is 142 Å². The van der Waals surface area contributed by atoms with Crippen LogP contribution in [0.5, 0.6) is 0 Å². The molecule has 4 N–H and O–H groups in total. The lowest BCUT2D eigenvalue weighted by atomic mass is 9.99. The fourth-order valence-electron chi connectivity index (χ4n) is 3.48. The molecule has 4 heteroatoms. The zero-order valence-electron chi connectivity index (χ0n) is 17.9. The minimum atomic E-state index is 0. The fourth-order valence-corrected chi connectivity index (χ4v) is 3.48. The number of nitrogens with two attached hydrogens (primary N) is 2. The van der Waals surface area contributed by atoms with Gasteiger partial charge in [0.25, 0.3) is 0 Å². The summed E-state index contributed by atoms with van der Waals surface area (Å²) in [7, 11) is 0. The molecule has 2 unspecified atom stereocenters. The van der Waals surface area contributed by atoms with Crippen molar-refractivity contribution in [2.24, 2.45) is 11.5 Å². The van der Waals surface area contributed by atoms with E-state index in [9.17, 15) is 0 Å². The summed E-state index contributed by atoms with van der Waals surface area (Å²) in [4.78, 5) is 0. The maximum atomic E-state index is 6.22. The van der Waals surface area contributed by atoms with Gasteiger partial charge in [0, 0.05) is 12.1 Å². The van der Waals surface area contributed by atoms with E-state index in [1.54, 1.807) is 0 Å². The van der Waals surface area contributed by atoms with Crippen LogP contribution in [0.4, 0.5) is 0 Å². The molecule has 2 nitrogen and oxygen atoms in total. The Morgan fingerprint density at radius 3 is 0.885 bits per heavy atom. The predicted molar refractivity (Wildman–Crippen MR) is 125 cm³/mol. The first-order chi connectivity index (χ1) is 11.7. The van der Waals surface area contributed by atoms with Gasteiger partial charge in [-0.05, 0) is 25.7 Å². The lowest BCUT2D eigenvalue weighted by molar-refractivity contribution is 0.466. The third kappa shape index (κ3) is 24.5. The second kappa shape index (κ2) is 25.5. The molecule has 0 aromatic heterocycles. The van der Waals surface area contributed by atoms with E-state index < -0.39 is 0 Å². The zero-order chi connectivity index (χ0) is 17.9. The van der Waals surface area contributed by atoms with Gasteiger partial charge < -0.3 is 11.5 Å². The third-order valence-electron chi connectivity index (χ3n) is 5.26. The van der Waals surface area contributed by atoms with Gasteiger partial charge in [-0.15, -0.1) is 24.8 Å². The van der Waals surface area contributed by atoms with Gasteiger partial charge in [-0.3, -0.25) is 0 Å². The standard InChI is InChI=1S/C22H48N2.2ClH/c1-3-5-7-9-13-17-21(23)19-15-11-12-16-20-22(24)18-14-10-8-6-4-2;;/h21-22H,3-20,23-24H2,1-2H3;2*1H. The maximum absolute atomic E-state index is 6.22. The first-order valence-electron chi connectivity index (χ1n) is 11.2. The molecule has 0 aliphatic carbocycles. The van der Waals surface area contributed by atoms with Crippen LogP contribution in [0.25, 0.3) is 0 Å². The van der Waals surface area contributed by atoms with Gasteiger partial charge in [-0.1, -0.05) is 104 Å². The van der Waals surface area contributed by atoms with Gasteiger partial charge in [0.05, 0.1) is 0 Å². The van der Waals surface area contributed by atoms with E-state index in [1.807, 2.05) is 0 Å². The van der Waals surface area contributed by atoms with Crippen LogP contribution in [0, 0.1) is 0 Å². The number of halogens is 2. The number of hydrogen-bond donors (Lipinski definition) is 2. The molecule has 0 saturated carbocycles. The Kier molecular flexibility index (Phi) is 30.6. The summed E-state index contributed by atoms with van der Waals surface area (Å²) in [6.45, 7) is 4.54. The van der Waals surface area contributed by atoms with E-state index in [2.05, 4.69) is 13.8 Å². The smallest absolute Gasteiger partial charge is 0.00388 e. The summed E-state index contributed by atoms with van der Waals surface area (Å²) in [6.07, 6.45) is 23.8. The lowest BCUT2D eigenvalue weighted by Gasteiger charge is -2.12. The van der Waals surface area contributed by atoms with Crippen molar-refractivity contribution in [2.75, 3.05) is 0 Å². The molecule has 0 rings (SSSR count). The quantitative estimate of drug-likeness (QED) is 0.215. The van der Waals surface area contributed by atoms with Gasteiger partial charge in [-0.25, -0.2) is 0 Å². The largest absolute Gasteiger partial charge is 0.328 e. The van der Waals surface area contributed by atoms with E-state index in [-0.39, 0.29) is 24.8 Å². The summed E-state index contributed by atoms with van der Waals surface area (Å²) in [6, 6.07) is 0.883. The highest BCUT2D eigenvalue weighted by molar-refractivity contribution is 5.85. The third-order valence-corrected chi connectivity index (χ3v) is 5.26. The van der Waals surface area contributed by atoms with Crippen LogP contribution in [-0.2, 0) is 0 Å². The molecule has 0 aromatic rings. The topological polar surface area (TPSA) is 52.0 Å². The highest BCUT2D eigenvalue weighted by Crippen LogP contribution is 2.14. The number of unbranched alkanes of at least 4 members (excludes halogenated alkanes) is 11. The Morgan fingerprint density at radius 1 is 0.423 bits per heavy atom. The Hall–Kier alpha value is 0.500. The predicted octanol–water partition coefficient (Wildman–Crippen LogP) is 7.55. The highest BCUT2D eigenvalue weighted by atomic mass is 35.5. The monoisotopic (exact) mass is 412 g/mol. The molecule has 0 aromatic carbocycles. The van der Waals surface area contributed by atoms with Gasteiger partial charge in [0.15, 0.2) is 0 Å². The lowest BCUT2D eigenvalue weighted by Crippen LogP contribution is -2.20. The van der Waals surface area contributed by atoms with Crippen LogP contribution < -0.4 is 11.5 Å². The van der Waals surface area contributed by atoms with E-state index >= 15 is 0 Å². The highest BCUT2D eigenvalue weighted by Gasteiger charge is 2.04. The van der Waals surface area contributed by atoms with Crippen molar-refractivity contribution in [3.05, 3.63) is 0 Å². The van der Waals surface area contributed by atoms with Crippen molar-refractivity contribution in [3.8, 4) is 0 Å². The van der Waals surface area contributed by atoms with Crippen molar-refractivity contribution in [3.63, 3.8) is 0 Å². The molecule has 26 heavy (non-hydrogen) atoms. The number of hydrogen-bond acceptors (Lipinski definition) is 2. The molecular formula is C22H50Cl2N2. The van der Waals surface area contributed by atoms with E-state index in [4.69, 9.17) is 11.5 Å². The van der Waals surface area contributed by atoms with Crippen LogP contribution in [0.2, 0.25) is 0 Å². The SMILES string of the molecule is CCCCCCCC(N)CCCCCCC(N)CCCCCCC.Cl.Cl. The first kappa shape index (κ1) is 31.2. The van der Waals surface area contributed by atoms with E-state index in [1.165, 1.54) is 116 Å². The van der Waals surface area contributed by atoms with E-state index in [0.717, 1.165) is 0 Å². The molecule has 0 amide bonds. The summed E-state index contributed by atoms with van der Waals surface area (Å²) < 4.78 is 0. The molecule has 0 aliphatic heterocycles. The Morgan fingerprint density at radius 2 is 0.654 bits per heavy atom. The van der Waals surface area contributed by atoms with Gasteiger partial charge in [-0.2, -0.15) is 0 Å². The Labute approximate surface area is 177 Å². The molecule has 0 bridgehead atoms. The molecule has 0 fully saturated rings. The molecule has 0 saturated heterocycles. The van der Waals surface area contributed by atoms with Crippen LogP contribution >= 0.6 is 24.8 Å². The average molecular weight is 414 g/mol. The van der Waals surface area contributed by atoms with Crippen LogP contribution in [0.15, 0.2) is 0 Å². The summed E-state index contributed by atoms with van der Waals surface area (Å²) in [5.74, 6) is 0. The second-order valence-electron chi connectivity index (χ2n) is 7.92. The normalized spacial score (nSPS) is 12.9. The van der Waals surface area contributed by atoms with Crippen LogP contribution in [-0.4, -0.2) is 12.1 Å². The molecule has 0 spiro atoms. The Bertz CT molecular complexity index is 216. The van der Waals surface area contributed by atoms with Crippen molar-refractivity contribution in [1.29, 1.82) is 0 Å². The minimum Gasteiger partial charge on any atom is -0.328 e. The summed E-state index contributed by atoms with van der Waals surface area (Å²) in [5, 5.41) is 0. The minimum absolute atomic E-state index is 0. The van der Waals surface area contributed by atoms with Crippen molar-refractivity contribution >= 4 is 24.8 Å². The maximum Gasteiger partial charge on any atom is 0.00388 e. The second-order valence-corrected chi connectivity index (χ2v) is 7.92. The fraction of sp³-hybridized carbons (Fsp3) is 1.00. The molecule has 2 atom stereocenters. The zero-order valence-corrected chi connectivity index (χ0v) is 19.5. The summed E-state index contributed by atoms with van der Waals surface area (Å²) >= 11 is 0. The van der Waals surface area contributed by atoms with Gasteiger partial charge >= 0.3 is 0 Å². The Balaban J connectivity index is -0.00000264. The molecule has 162 valence electrons. The summed E-state index contributed by atoms with van der Waals surface area (Å²) in [5.41, 5.74) is 12.4. The first-order valence-corrected chi connectivity index (χ1v) is 11.2. The number of rotatable bonds is 19. The van der Waals surface area contributed by atoms with Crippen LogP contribution in [0.3, 0.4) is 0 Å². The average Bonchev–Trinajstić information content (AvgIpc) is 2.57. The van der Waals surface area contributed by atoms with Crippen molar-refractivity contribution in [1.82, 2.24) is 0 Å². The van der Waals surface area contributed by atoms with Crippen molar-refractivity contribution < 1.29 is 0 Å². The van der Waals surface area contributed by atoms with E-state index in [0.29, 0.717) is 12.1 Å². The molecule has 0 radical (unpaired) electrons. The molecular weight excluding hydrogens is 363 g/mol. The van der Waals surface area contributed by atoms with Gasteiger partial charge in [0.1, 0.15) is 0 Å². The molecule has 0 aliphatic rings.